The fourth-order valence-electron chi connectivity index (χ4n) is 8.30. The summed E-state index contributed by atoms with van der Waals surface area (Å²) in [5, 5.41) is 51.4. The standard InChI is InChI=1S/C39H52O14/c1-17-7-10-27(19(3)12-29-33(26(40)11-17)22(6)38(48)51-29)50-37(47)20(4)23-9-8-18(2)24-14-28(21(5)25(24)13-23)52-39-36(46)35(45)34(44)30(53-39)16-49-32(43)15-31(41)42/h7,12,22-30,33-36,39-40,44-46H,2,4-5,8-11,13-16H2,1,3,6H3,(H,41,42)/b17-7-,19-12-/t22-,23+,24-,25-,26-,27-,28-,29+,30+,33+,34+,35-,36+,39+/m0/s1. The zero-order chi connectivity index (χ0) is 38.9. The van der Waals surface area contributed by atoms with E-state index in [1.807, 2.05) is 19.9 Å². The summed E-state index contributed by atoms with van der Waals surface area (Å²) >= 11 is 0. The van der Waals surface area contributed by atoms with Crippen LogP contribution in [0.5, 0.6) is 0 Å². The number of aliphatic hydroxyl groups excluding tert-OH is 4. The summed E-state index contributed by atoms with van der Waals surface area (Å²) < 4.78 is 28.4. The number of carbonyl (C=O) groups excluding carboxylic acids is 3. The van der Waals surface area contributed by atoms with Gasteiger partial charge in [-0.05, 0) is 80.9 Å². The van der Waals surface area contributed by atoms with Crippen LogP contribution in [0.4, 0.5) is 0 Å². The Labute approximate surface area is 308 Å². The van der Waals surface area contributed by atoms with E-state index in [2.05, 4.69) is 19.7 Å². The first-order valence-electron chi connectivity index (χ1n) is 18.2. The molecule has 5 rings (SSSR count). The fraction of sp³-hybridized carbons (Fsp3) is 0.641. The zero-order valence-corrected chi connectivity index (χ0v) is 30.4. The van der Waals surface area contributed by atoms with E-state index >= 15 is 0 Å². The van der Waals surface area contributed by atoms with Crippen LogP contribution < -0.4 is 0 Å². The van der Waals surface area contributed by atoms with Gasteiger partial charge in [0.2, 0.25) is 0 Å². The number of allylic oxidation sites excluding steroid dienone is 1. The van der Waals surface area contributed by atoms with Gasteiger partial charge in [-0.2, -0.15) is 0 Å². The number of rotatable bonds is 9. The van der Waals surface area contributed by atoms with Crippen molar-refractivity contribution in [1.82, 2.24) is 0 Å². The van der Waals surface area contributed by atoms with Gasteiger partial charge >= 0.3 is 23.9 Å². The number of hydrogen-bond donors (Lipinski definition) is 5. The molecule has 3 aliphatic carbocycles. The van der Waals surface area contributed by atoms with Crippen LogP contribution in [0, 0.1) is 29.6 Å². The predicted octanol–water partition coefficient (Wildman–Crippen LogP) is 2.44. The maximum absolute atomic E-state index is 13.7. The third-order valence-electron chi connectivity index (χ3n) is 11.6. The molecular formula is C39H52O14. The van der Waals surface area contributed by atoms with Gasteiger partial charge in [0.05, 0.1) is 18.1 Å². The monoisotopic (exact) mass is 744 g/mol. The number of carbonyl (C=O) groups is 4. The van der Waals surface area contributed by atoms with Crippen molar-refractivity contribution < 1.29 is 68.4 Å². The first-order chi connectivity index (χ1) is 25.0. The molecule has 14 nitrogen and oxygen atoms in total. The molecule has 0 aromatic carbocycles. The summed E-state index contributed by atoms with van der Waals surface area (Å²) in [6.45, 7) is 17.7. The number of carboxylic acids is 1. The van der Waals surface area contributed by atoms with Crippen molar-refractivity contribution in [2.24, 2.45) is 29.6 Å². The Hall–Kier alpha value is -3.66. The highest BCUT2D eigenvalue weighted by molar-refractivity contribution is 5.90. The van der Waals surface area contributed by atoms with Crippen molar-refractivity contribution in [2.75, 3.05) is 6.61 Å². The summed E-state index contributed by atoms with van der Waals surface area (Å²) in [5.74, 6) is -4.80. The Morgan fingerprint density at radius 1 is 1.00 bits per heavy atom. The quantitative estimate of drug-likeness (QED) is 0.0754. The van der Waals surface area contributed by atoms with Gasteiger partial charge in [0.1, 0.15) is 49.7 Å². The lowest BCUT2D eigenvalue weighted by Gasteiger charge is -2.41. The number of fused-ring (bicyclic) bond motifs is 2. The molecule has 5 aliphatic rings. The minimum Gasteiger partial charge on any atom is -0.481 e. The average molecular weight is 745 g/mol. The van der Waals surface area contributed by atoms with E-state index < -0.39 is 97.9 Å². The molecule has 292 valence electrons. The molecule has 2 heterocycles. The second-order valence-electron chi connectivity index (χ2n) is 15.2. The number of hydrogen-bond acceptors (Lipinski definition) is 13. The van der Waals surface area contributed by atoms with Crippen LogP contribution in [-0.2, 0) is 42.9 Å². The van der Waals surface area contributed by atoms with E-state index in [4.69, 9.17) is 28.8 Å². The fourth-order valence-corrected chi connectivity index (χ4v) is 8.30. The topological polar surface area (TPSA) is 216 Å². The normalized spacial score (nSPS) is 41.0. The number of aliphatic hydroxyl groups is 4. The van der Waals surface area contributed by atoms with Crippen LogP contribution in [-0.4, -0.2) is 111 Å². The number of aliphatic carboxylic acids is 1. The molecule has 14 heteroatoms. The van der Waals surface area contributed by atoms with Crippen LogP contribution >= 0.6 is 0 Å². The Balaban J connectivity index is 1.24. The molecule has 53 heavy (non-hydrogen) atoms. The van der Waals surface area contributed by atoms with Crippen molar-refractivity contribution in [1.29, 1.82) is 0 Å². The number of esters is 3. The molecule has 0 unspecified atom stereocenters. The molecule has 2 saturated carbocycles. The molecule has 5 N–H and O–H groups in total. The molecular weight excluding hydrogens is 692 g/mol. The summed E-state index contributed by atoms with van der Waals surface area (Å²) in [6.07, 6.45) is -4.74. The van der Waals surface area contributed by atoms with Gasteiger partial charge in [0.15, 0.2) is 6.29 Å². The molecule has 0 radical (unpaired) electrons. The Morgan fingerprint density at radius 2 is 1.72 bits per heavy atom. The highest BCUT2D eigenvalue weighted by Crippen LogP contribution is 2.50. The minimum absolute atomic E-state index is 0.0678. The summed E-state index contributed by atoms with van der Waals surface area (Å²) in [6, 6.07) is 0. The molecule has 4 fully saturated rings. The largest absolute Gasteiger partial charge is 0.481 e. The van der Waals surface area contributed by atoms with Gasteiger partial charge in [-0.15, -0.1) is 0 Å². The van der Waals surface area contributed by atoms with Crippen molar-refractivity contribution in [3.8, 4) is 0 Å². The molecule has 0 aromatic rings. The lowest BCUT2D eigenvalue weighted by molar-refractivity contribution is -0.308. The summed E-state index contributed by atoms with van der Waals surface area (Å²) in [7, 11) is 0. The SMILES string of the molecule is C=C(C(=O)O[C@H]1C/C=C(/C)C[C@H](O)[C@H]2[C@H](C)C(=O)O[C@@H]2/C=C\1C)[C@@H]1CCC(=C)[C@@H]2C[C@H](O[C@@H]3O[C@H](COC(=O)CC(=O)O)[C@@H](O)[C@H](O)[C@H]3O)C(=C)[C@@H]2C1. The van der Waals surface area contributed by atoms with Crippen molar-refractivity contribution in [3.63, 3.8) is 0 Å². The van der Waals surface area contributed by atoms with Crippen LogP contribution in [0.25, 0.3) is 0 Å². The van der Waals surface area contributed by atoms with Crippen LogP contribution in [0.3, 0.4) is 0 Å². The minimum atomic E-state index is -1.71. The predicted molar refractivity (Wildman–Crippen MR) is 186 cm³/mol. The van der Waals surface area contributed by atoms with E-state index in [9.17, 15) is 39.6 Å². The molecule has 0 spiro atoms. The highest BCUT2D eigenvalue weighted by atomic mass is 16.7. The van der Waals surface area contributed by atoms with Gasteiger partial charge in [-0.25, -0.2) is 4.79 Å². The molecule has 0 amide bonds. The van der Waals surface area contributed by atoms with E-state index in [-0.39, 0.29) is 23.7 Å². The van der Waals surface area contributed by atoms with E-state index in [0.717, 1.165) is 11.1 Å². The summed E-state index contributed by atoms with van der Waals surface area (Å²) in [4.78, 5) is 48.7. The third kappa shape index (κ3) is 9.01. The van der Waals surface area contributed by atoms with Crippen molar-refractivity contribution in [3.05, 3.63) is 59.8 Å². The van der Waals surface area contributed by atoms with Crippen LogP contribution in [0.1, 0.15) is 65.7 Å². The average Bonchev–Trinajstić information content (AvgIpc) is 3.48. The molecule has 14 atom stereocenters. The maximum atomic E-state index is 13.7. The second-order valence-corrected chi connectivity index (χ2v) is 15.2. The van der Waals surface area contributed by atoms with Crippen LogP contribution in [0.2, 0.25) is 0 Å². The highest BCUT2D eigenvalue weighted by Gasteiger charge is 2.49. The van der Waals surface area contributed by atoms with Gasteiger partial charge in [0.25, 0.3) is 0 Å². The number of ether oxygens (including phenoxy) is 5. The van der Waals surface area contributed by atoms with Gasteiger partial charge < -0.3 is 49.2 Å². The van der Waals surface area contributed by atoms with Gasteiger partial charge in [0, 0.05) is 17.9 Å². The lowest BCUT2D eigenvalue weighted by Crippen LogP contribution is -2.60. The zero-order valence-electron chi connectivity index (χ0n) is 30.4. The Morgan fingerprint density at radius 3 is 2.42 bits per heavy atom. The van der Waals surface area contributed by atoms with Crippen LogP contribution in [0.15, 0.2) is 59.8 Å². The smallest absolute Gasteiger partial charge is 0.334 e. The van der Waals surface area contributed by atoms with E-state index in [1.54, 1.807) is 13.0 Å². The second kappa shape index (κ2) is 16.8. The lowest BCUT2D eigenvalue weighted by atomic mass is 9.82. The summed E-state index contributed by atoms with van der Waals surface area (Å²) in [5.41, 5.74) is 3.53. The van der Waals surface area contributed by atoms with E-state index in [0.29, 0.717) is 55.2 Å². The first-order valence-corrected chi connectivity index (χ1v) is 18.2. The van der Waals surface area contributed by atoms with Crippen molar-refractivity contribution >= 4 is 23.9 Å². The molecule has 0 bridgehead atoms. The molecule has 0 aromatic heterocycles. The van der Waals surface area contributed by atoms with Gasteiger partial charge in [-0.3, -0.25) is 14.4 Å². The van der Waals surface area contributed by atoms with Gasteiger partial charge in [-0.1, -0.05) is 43.9 Å². The van der Waals surface area contributed by atoms with Crippen molar-refractivity contribution in [2.45, 2.75) is 121 Å². The molecule has 2 aliphatic heterocycles. The maximum Gasteiger partial charge on any atom is 0.334 e. The third-order valence-corrected chi connectivity index (χ3v) is 11.6. The van der Waals surface area contributed by atoms with E-state index in [1.165, 1.54) is 0 Å². The Kier molecular flexibility index (Phi) is 12.8. The Bertz CT molecular complexity index is 1550. The first kappa shape index (κ1) is 40.5. The molecule has 2 saturated heterocycles. The number of carboxylic acid groups (broad SMARTS) is 1.